The quantitative estimate of drug-likeness (QED) is 0.389. The van der Waals surface area contributed by atoms with Crippen molar-refractivity contribution in [1.29, 1.82) is 0 Å². The smallest absolute Gasteiger partial charge is 0.330 e. The van der Waals surface area contributed by atoms with E-state index in [4.69, 9.17) is 9.47 Å². The maximum atomic E-state index is 11.3. The highest BCUT2D eigenvalue weighted by Gasteiger charge is 2.12. The zero-order valence-corrected chi connectivity index (χ0v) is 14.6. The van der Waals surface area contributed by atoms with Crippen molar-refractivity contribution < 1.29 is 14.3 Å². The Balaban J connectivity index is 3.10. The van der Waals surface area contributed by atoms with Crippen molar-refractivity contribution in [1.82, 2.24) is 0 Å². The monoisotopic (exact) mass is 440 g/mol. The molecule has 0 atom stereocenters. The van der Waals surface area contributed by atoms with Crippen LogP contribution in [0.1, 0.15) is 12.5 Å². The first-order valence-electron chi connectivity index (χ1n) is 5.07. The molecule has 98 valence electrons. The fourth-order valence-corrected chi connectivity index (χ4v) is 2.83. The first-order valence-corrected chi connectivity index (χ1v) is 7.45. The minimum absolute atomic E-state index is 0.359. The molecular weight excluding hydrogens is 432 g/mol. The lowest BCUT2D eigenvalue weighted by Crippen LogP contribution is -1.98. The number of rotatable bonds is 4. The molecule has 0 aliphatic heterocycles. The van der Waals surface area contributed by atoms with Crippen LogP contribution in [0, 0.1) is 0 Å². The Morgan fingerprint density at radius 2 is 1.94 bits per heavy atom. The summed E-state index contributed by atoms with van der Waals surface area (Å²) in [5.74, 6) is 0.302. The van der Waals surface area contributed by atoms with Crippen LogP contribution in [0.4, 0.5) is 0 Å². The van der Waals surface area contributed by atoms with E-state index in [2.05, 4.69) is 47.8 Å². The average Bonchev–Trinajstić information content (AvgIpc) is 2.35. The molecule has 0 fully saturated rings. The largest absolute Gasteiger partial charge is 0.496 e. The molecule has 0 aromatic heterocycles. The summed E-state index contributed by atoms with van der Waals surface area (Å²) in [5.41, 5.74) is 0.815. The summed E-state index contributed by atoms with van der Waals surface area (Å²) in [6.45, 7) is 2.12. The highest BCUT2D eigenvalue weighted by molar-refractivity contribution is 9.14. The van der Waals surface area contributed by atoms with Crippen molar-refractivity contribution in [3.8, 4) is 5.75 Å². The summed E-state index contributed by atoms with van der Waals surface area (Å²) in [5, 5.41) is 0. The SMILES string of the molecule is CCOC(=O)/C=C/c1cc(OC)c(Br)c(Br)c1Br. The summed E-state index contributed by atoms with van der Waals surface area (Å²) >= 11 is 10.3. The Kier molecular flexibility index (Phi) is 6.38. The van der Waals surface area contributed by atoms with Gasteiger partial charge in [0.1, 0.15) is 5.75 Å². The predicted molar refractivity (Wildman–Crippen MR) is 81.8 cm³/mol. The Hall–Kier alpha value is -0.330. The van der Waals surface area contributed by atoms with Crippen LogP contribution >= 0.6 is 47.8 Å². The third-order valence-corrected chi connectivity index (χ3v) is 5.55. The van der Waals surface area contributed by atoms with E-state index in [1.54, 1.807) is 20.1 Å². The van der Waals surface area contributed by atoms with Gasteiger partial charge in [0.05, 0.1) is 22.7 Å². The number of ether oxygens (including phenoxy) is 2. The van der Waals surface area contributed by atoms with Crippen LogP contribution in [-0.2, 0) is 9.53 Å². The van der Waals surface area contributed by atoms with Crippen molar-refractivity contribution in [3.05, 3.63) is 31.1 Å². The van der Waals surface area contributed by atoms with E-state index >= 15 is 0 Å². The number of benzene rings is 1. The molecule has 0 saturated heterocycles. The van der Waals surface area contributed by atoms with Crippen LogP contribution in [-0.4, -0.2) is 19.7 Å². The Labute approximate surface area is 131 Å². The number of halogens is 3. The zero-order valence-electron chi connectivity index (χ0n) is 9.80. The molecule has 0 saturated carbocycles. The molecule has 0 bridgehead atoms. The van der Waals surface area contributed by atoms with Crippen LogP contribution < -0.4 is 4.74 Å². The van der Waals surface area contributed by atoms with E-state index in [0.29, 0.717) is 12.4 Å². The number of carbonyl (C=O) groups is 1. The zero-order chi connectivity index (χ0) is 13.7. The van der Waals surface area contributed by atoms with E-state index in [9.17, 15) is 4.79 Å². The van der Waals surface area contributed by atoms with E-state index in [-0.39, 0.29) is 5.97 Å². The third kappa shape index (κ3) is 3.83. The lowest BCUT2D eigenvalue weighted by molar-refractivity contribution is -0.137. The molecular formula is C12H11Br3O3. The second-order valence-corrected chi connectivity index (χ2v) is 5.57. The average molecular weight is 443 g/mol. The van der Waals surface area contributed by atoms with Crippen LogP contribution in [0.25, 0.3) is 6.08 Å². The van der Waals surface area contributed by atoms with Gasteiger partial charge in [-0.25, -0.2) is 4.79 Å². The standard InChI is InChI=1S/C12H11Br3O3/c1-3-18-9(16)5-4-7-6-8(17-2)11(14)12(15)10(7)13/h4-6H,3H2,1-2H3/b5-4+. The molecule has 3 nitrogen and oxygen atoms in total. The molecule has 0 unspecified atom stereocenters. The minimum atomic E-state index is -0.373. The highest BCUT2D eigenvalue weighted by Crippen LogP contribution is 2.40. The van der Waals surface area contributed by atoms with Gasteiger partial charge in [-0.05, 0) is 72.4 Å². The van der Waals surface area contributed by atoms with Gasteiger partial charge in [0.25, 0.3) is 0 Å². The fourth-order valence-electron chi connectivity index (χ4n) is 1.22. The van der Waals surface area contributed by atoms with Gasteiger partial charge in [-0.15, -0.1) is 0 Å². The molecule has 0 aliphatic carbocycles. The summed E-state index contributed by atoms with van der Waals surface area (Å²) in [6.07, 6.45) is 3.05. The Bertz CT molecular complexity index is 484. The summed E-state index contributed by atoms with van der Waals surface area (Å²) in [7, 11) is 1.58. The Morgan fingerprint density at radius 1 is 1.28 bits per heavy atom. The van der Waals surface area contributed by atoms with Crippen LogP contribution in [0.2, 0.25) is 0 Å². The summed E-state index contributed by atoms with van der Waals surface area (Å²) in [4.78, 5) is 11.3. The molecule has 18 heavy (non-hydrogen) atoms. The van der Waals surface area contributed by atoms with Crippen LogP contribution in [0.5, 0.6) is 5.75 Å². The second kappa shape index (κ2) is 7.31. The van der Waals surface area contributed by atoms with Crippen molar-refractivity contribution in [2.45, 2.75) is 6.92 Å². The molecule has 0 radical (unpaired) electrons. The first-order chi connectivity index (χ1) is 8.51. The van der Waals surface area contributed by atoms with E-state index in [0.717, 1.165) is 19.0 Å². The van der Waals surface area contributed by atoms with E-state index < -0.39 is 0 Å². The molecule has 0 aliphatic rings. The fraction of sp³-hybridized carbons (Fsp3) is 0.250. The molecule has 6 heteroatoms. The number of hydrogen-bond donors (Lipinski definition) is 0. The van der Waals surface area contributed by atoms with Crippen molar-refractivity contribution >= 4 is 59.8 Å². The van der Waals surface area contributed by atoms with Crippen LogP contribution in [0.3, 0.4) is 0 Å². The van der Waals surface area contributed by atoms with Crippen LogP contribution in [0.15, 0.2) is 25.6 Å². The lowest BCUT2D eigenvalue weighted by Gasteiger charge is -2.09. The van der Waals surface area contributed by atoms with Gasteiger partial charge in [-0.2, -0.15) is 0 Å². The molecule has 1 rings (SSSR count). The molecule has 0 amide bonds. The predicted octanol–water partition coefficient (Wildman–Crippen LogP) is 4.56. The first kappa shape index (κ1) is 15.7. The topological polar surface area (TPSA) is 35.5 Å². The Morgan fingerprint density at radius 3 is 2.50 bits per heavy atom. The van der Waals surface area contributed by atoms with Gasteiger partial charge in [-0.1, -0.05) is 0 Å². The van der Waals surface area contributed by atoms with Gasteiger partial charge in [0.15, 0.2) is 0 Å². The number of methoxy groups -OCH3 is 1. The van der Waals surface area contributed by atoms with Gasteiger partial charge < -0.3 is 9.47 Å². The number of carbonyl (C=O) groups excluding carboxylic acids is 1. The maximum absolute atomic E-state index is 11.3. The van der Waals surface area contributed by atoms with E-state index in [1.165, 1.54) is 6.08 Å². The molecule has 1 aromatic carbocycles. The number of esters is 1. The molecule has 0 spiro atoms. The normalized spacial score (nSPS) is 10.7. The van der Waals surface area contributed by atoms with Crippen molar-refractivity contribution in [2.75, 3.05) is 13.7 Å². The second-order valence-electron chi connectivity index (χ2n) is 3.20. The van der Waals surface area contributed by atoms with Gasteiger partial charge in [0.2, 0.25) is 0 Å². The van der Waals surface area contributed by atoms with Gasteiger partial charge in [0, 0.05) is 10.5 Å². The van der Waals surface area contributed by atoms with E-state index in [1.807, 2.05) is 6.07 Å². The third-order valence-electron chi connectivity index (χ3n) is 2.05. The van der Waals surface area contributed by atoms with Gasteiger partial charge >= 0.3 is 5.97 Å². The number of hydrogen-bond acceptors (Lipinski definition) is 3. The highest BCUT2D eigenvalue weighted by atomic mass is 79.9. The summed E-state index contributed by atoms with van der Waals surface area (Å²) in [6, 6.07) is 1.81. The van der Waals surface area contributed by atoms with Gasteiger partial charge in [-0.3, -0.25) is 0 Å². The minimum Gasteiger partial charge on any atom is -0.496 e. The maximum Gasteiger partial charge on any atom is 0.330 e. The molecule has 0 heterocycles. The van der Waals surface area contributed by atoms with Crippen molar-refractivity contribution in [2.24, 2.45) is 0 Å². The summed E-state index contributed by atoms with van der Waals surface area (Å²) < 4.78 is 12.5. The molecule has 1 aromatic rings. The van der Waals surface area contributed by atoms with Crippen molar-refractivity contribution in [3.63, 3.8) is 0 Å². The lowest BCUT2D eigenvalue weighted by atomic mass is 10.2. The molecule has 0 N–H and O–H groups in total.